The smallest absolute Gasteiger partial charge is 0.315 e. The number of furan rings is 1. The summed E-state index contributed by atoms with van der Waals surface area (Å²) < 4.78 is 21.3. The van der Waals surface area contributed by atoms with Crippen LogP contribution in [0.2, 0.25) is 0 Å². The molecule has 3 rings (SSSR count). The van der Waals surface area contributed by atoms with Gasteiger partial charge in [-0.25, -0.2) is 4.79 Å². The maximum atomic E-state index is 11.8. The molecule has 0 spiro atoms. The molecule has 2 aromatic rings. The van der Waals surface area contributed by atoms with Gasteiger partial charge in [-0.1, -0.05) is 0 Å². The number of rotatable bonds is 7. The Hall–Kier alpha value is -2.83. The van der Waals surface area contributed by atoms with Crippen molar-refractivity contribution in [3.8, 4) is 17.2 Å². The lowest BCUT2D eigenvalue weighted by atomic mass is 10.2. The van der Waals surface area contributed by atoms with E-state index in [0.717, 1.165) is 5.76 Å². The van der Waals surface area contributed by atoms with Crippen LogP contribution in [-0.4, -0.2) is 32.0 Å². The van der Waals surface area contributed by atoms with Gasteiger partial charge in [0, 0.05) is 18.5 Å². The molecule has 0 saturated heterocycles. The lowest BCUT2D eigenvalue weighted by molar-refractivity contribution is 0.173. The van der Waals surface area contributed by atoms with Gasteiger partial charge in [0.1, 0.15) is 18.1 Å². The first kappa shape index (κ1) is 16.0. The zero-order valence-electron chi connectivity index (χ0n) is 13.4. The van der Waals surface area contributed by atoms with Crippen molar-refractivity contribution in [2.24, 2.45) is 0 Å². The van der Waals surface area contributed by atoms with Gasteiger partial charge in [-0.3, -0.25) is 0 Å². The zero-order valence-corrected chi connectivity index (χ0v) is 13.4. The Morgan fingerprint density at radius 3 is 3.00 bits per heavy atom. The van der Waals surface area contributed by atoms with E-state index in [1.54, 1.807) is 24.5 Å². The summed E-state index contributed by atoms with van der Waals surface area (Å²) in [5.74, 6) is 2.90. The van der Waals surface area contributed by atoms with E-state index in [1.807, 2.05) is 19.1 Å². The summed E-state index contributed by atoms with van der Waals surface area (Å²) in [5.41, 5.74) is 0. The van der Waals surface area contributed by atoms with Gasteiger partial charge in [-0.05, 0) is 31.2 Å². The second kappa shape index (κ2) is 7.63. The molecular weight excluding hydrogens is 312 g/mol. The number of ether oxygens (including phenoxy) is 3. The number of fused-ring (bicyclic) bond motifs is 1. The summed E-state index contributed by atoms with van der Waals surface area (Å²) in [4.78, 5) is 11.8. The first-order valence-corrected chi connectivity index (χ1v) is 7.80. The van der Waals surface area contributed by atoms with Gasteiger partial charge in [-0.2, -0.15) is 0 Å². The van der Waals surface area contributed by atoms with Crippen molar-refractivity contribution in [2.75, 3.05) is 19.9 Å². The monoisotopic (exact) mass is 332 g/mol. The van der Waals surface area contributed by atoms with E-state index >= 15 is 0 Å². The summed E-state index contributed by atoms with van der Waals surface area (Å²) in [6, 6.07) is 8.83. The Morgan fingerprint density at radius 2 is 2.17 bits per heavy atom. The van der Waals surface area contributed by atoms with Crippen LogP contribution in [0.3, 0.4) is 0 Å². The summed E-state index contributed by atoms with van der Waals surface area (Å²) in [7, 11) is 0. The number of benzene rings is 1. The van der Waals surface area contributed by atoms with Gasteiger partial charge in [0.05, 0.1) is 12.8 Å². The molecule has 128 valence electrons. The lowest BCUT2D eigenvalue weighted by Crippen LogP contribution is -2.42. The van der Waals surface area contributed by atoms with Crippen LogP contribution in [-0.2, 0) is 6.42 Å². The fourth-order valence-corrected chi connectivity index (χ4v) is 2.36. The third-order valence-corrected chi connectivity index (χ3v) is 3.47. The molecule has 1 aromatic heterocycles. The van der Waals surface area contributed by atoms with Crippen LogP contribution in [0.5, 0.6) is 17.2 Å². The van der Waals surface area contributed by atoms with Crippen molar-refractivity contribution in [1.29, 1.82) is 0 Å². The summed E-state index contributed by atoms with van der Waals surface area (Å²) in [6.45, 7) is 2.91. The molecule has 2 amide bonds. The number of hydrogen-bond donors (Lipinski definition) is 2. The molecule has 0 saturated carbocycles. The molecule has 7 nitrogen and oxygen atoms in total. The van der Waals surface area contributed by atoms with Crippen LogP contribution < -0.4 is 24.8 Å². The van der Waals surface area contributed by atoms with E-state index in [2.05, 4.69) is 10.6 Å². The molecule has 0 unspecified atom stereocenters. The highest BCUT2D eigenvalue weighted by Gasteiger charge is 2.13. The second-order valence-corrected chi connectivity index (χ2v) is 5.45. The van der Waals surface area contributed by atoms with Crippen LogP contribution in [0.25, 0.3) is 0 Å². The third kappa shape index (κ3) is 4.34. The van der Waals surface area contributed by atoms with Crippen molar-refractivity contribution in [1.82, 2.24) is 10.6 Å². The molecule has 24 heavy (non-hydrogen) atoms. The fourth-order valence-electron chi connectivity index (χ4n) is 2.36. The predicted molar refractivity (Wildman–Crippen MR) is 86.5 cm³/mol. The normalized spacial score (nSPS) is 13.4. The molecule has 1 atom stereocenters. The Labute approximate surface area is 139 Å². The molecular formula is C17H20N2O5. The van der Waals surface area contributed by atoms with Gasteiger partial charge in [-0.15, -0.1) is 0 Å². The largest absolute Gasteiger partial charge is 0.492 e. The highest BCUT2D eigenvalue weighted by molar-refractivity contribution is 5.74. The van der Waals surface area contributed by atoms with Crippen molar-refractivity contribution >= 4 is 6.03 Å². The Balaban J connectivity index is 1.33. The first-order valence-electron chi connectivity index (χ1n) is 7.80. The van der Waals surface area contributed by atoms with Crippen LogP contribution in [0.15, 0.2) is 41.0 Å². The average Bonchev–Trinajstić information content (AvgIpc) is 3.22. The van der Waals surface area contributed by atoms with Gasteiger partial charge in [0.2, 0.25) is 6.79 Å². The van der Waals surface area contributed by atoms with E-state index < -0.39 is 0 Å². The fraction of sp³-hybridized carbons (Fsp3) is 0.353. The van der Waals surface area contributed by atoms with Gasteiger partial charge in [0.15, 0.2) is 11.5 Å². The molecule has 0 aliphatic carbocycles. The Bertz CT molecular complexity index is 672. The highest BCUT2D eigenvalue weighted by atomic mass is 16.7. The SMILES string of the molecule is C[C@H](Cc1ccco1)NC(=O)NCCOc1ccc2c(c1)OCO2. The summed E-state index contributed by atoms with van der Waals surface area (Å²) >= 11 is 0. The zero-order chi connectivity index (χ0) is 16.8. The van der Waals surface area contributed by atoms with Crippen molar-refractivity contribution < 1.29 is 23.4 Å². The van der Waals surface area contributed by atoms with Crippen molar-refractivity contribution in [3.05, 3.63) is 42.4 Å². The predicted octanol–water partition coefficient (Wildman–Crippen LogP) is 2.32. The molecule has 2 N–H and O–H groups in total. The lowest BCUT2D eigenvalue weighted by Gasteiger charge is -2.14. The van der Waals surface area contributed by atoms with Gasteiger partial charge < -0.3 is 29.3 Å². The van der Waals surface area contributed by atoms with E-state index in [9.17, 15) is 4.79 Å². The second-order valence-electron chi connectivity index (χ2n) is 5.45. The molecule has 7 heteroatoms. The van der Waals surface area contributed by atoms with Crippen LogP contribution in [0.1, 0.15) is 12.7 Å². The number of amides is 2. The Morgan fingerprint density at radius 1 is 1.29 bits per heavy atom. The van der Waals surface area contributed by atoms with Gasteiger partial charge >= 0.3 is 6.03 Å². The minimum Gasteiger partial charge on any atom is -0.492 e. The minimum atomic E-state index is -0.233. The Kier molecular flexibility index (Phi) is 5.10. The number of nitrogens with one attached hydrogen (secondary N) is 2. The summed E-state index contributed by atoms with van der Waals surface area (Å²) in [5, 5.41) is 5.60. The maximum Gasteiger partial charge on any atom is 0.315 e. The third-order valence-electron chi connectivity index (χ3n) is 3.47. The van der Waals surface area contributed by atoms with E-state index in [-0.39, 0.29) is 18.9 Å². The highest BCUT2D eigenvalue weighted by Crippen LogP contribution is 2.34. The topological polar surface area (TPSA) is 82.0 Å². The van der Waals surface area contributed by atoms with Crippen LogP contribution in [0.4, 0.5) is 4.79 Å². The van der Waals surface area contributed by atoms with Gasteiger partial charge in [0.25, 0.3) is 0 Å². The number of hydrogen-bond acceptors (Lipinski definition) is 5. The van der Waals surface area contributed by atoms with E-state index in [4.69, 9.17) is 18.6 Å². The molecule has 0 radical (unpaired) electrons. The number of carbonyl (C=O) groups excluding carboxylic acids is 1. The summed E-state index contributed by atoms with van der Waals surface area (Å²) in [6.07, 6.45) is 2.27. The van der Waals surface area contributed by atoms with Crippen molar-refractivity contribution in [3.63, 3.8) is 0 Å². The standard InChI is InChI=1S/C17H20N2O5/c1-12(9-13-3-2-7-21-13)19-17(20)18-6-8-22-14-4-5-15-16(10-14)24-11-23-15/h2-5,7,10,12H,6,8-9,11H2,1H3,(H2,18,19,20)/t12-/m1/s1. The number of carbonyl (C=O) groups is 1. The maximum absolute atomic E-state index is 11.8. The van der Waals surface area contributed by atoms with Crippen molar-refractivity contribution in [2.45, 2.75) is 19.4 Å². The molecule has 1 aliphatic rings. The molecule has 0 fully saturated rings. The van der Waals surface area contributed by atoms with Crippen LogP contribution in [0, 0.1) is 0 Å². The molecule has 0 bridgehead atoms. The average molecular weight is 332 g/mol. The molecule has 1 aromatic carbocycles. The van der Waals surface area contributed by atoms with E-state index in [0.29, 0.717) is 36.8 Å². The van der Waals surface area contributed by atoms with E-state index in [1.165, 1.54) is 0 Å². The molecule has 2 heterocycles. The van der Waals surface area contributed by atoms with Crippen LogP contribution >= 0.6 is 0 Å². The quantitative estimate of drug-likeness (QED) is 0.761. The first-order chi connectivity index (χ1) is 11.7. The molecule has 1 aliphatic heterocycles. The number of urea groups is 1. The minimum absolute atomic E-state index is 0.0223.